The van der Waals surface area contributed by atoms with Gasteiger partial charge in [0.1, 0.15) is 11.5 Å². The normalized spacial score (nSPS) is 21.3. The van der Waals surface area contributed by atoms with E-state index in [1.165, 1.54) is 12.1 Å². The first-order valence-electron chi connectivity index (χ1n) is 9.62. The highest BCUT2D eigenvalue weighted by molar-refractivity contribution is 6.31. The van der Waals surface area contributed by atoms with Gasteiger partial charge in [-0.25, -0.2) is 9.59 Å². The summed E-state index contributed by atoms with van der Waals surface area (Å²) in [5.74, 6) is -0.565. The number of benzene rings is 1. The fourth-order valence-electron chi connectivity index (χ4n) is 3.42. The van der Waals surface area contributed by atoms with Crippen molar-refractivity contribution < 1.29 is 32.6 Å². The summed E-state index contributed by atoms with van der Waals surface area (Å²) in [4.78, 5) is 23.2. The number of amides is 2. The number of halogens is 4. The van der Waals surface area contributed by atoms with Crippen LogP contribution in [0.4, 0.5) is 23.7 Å². The number of dihydropyridines is 1. The van der Waals surface area contributed by atoms with Crippen molar-refractivity contribution in [2.24, 2.45) is 0 Å². The van der Waals surface area contributed by atoms with Crippen LogP contribution < -0.4 is 16.0 Å². The Labute approximate surface area is 181 Å². The molecule has 7 nitrogen and oxygen atoms in total. The van der Waals surface area contributed by atoms with E-state index in [-0.39, 0.29) is 23.5 Å². The van der Waals surface area contributed by atoms with E-state index in [0.717, 1.165) is 12.1 Å². The van der Waals surface area contributed by atoms with Crippen molar-refractivity contribution in [3.8, 4) is 0 Å². The van der Waals surface area contributed by atoms with E-state index in [2.05, 4.69) is 16.0 Å². The lowest BCUT2D eigenvalue weighted by atomic mass is 9.93. The summed E-state index contributed by atoms with van der Waals surface area (Å²) in [5, 5.41) is 16.5. The van der Waals surface area contributed by atoms with Crippen molar-refractivity contribution in [2.45, 2.75) is 44.0 Å². The first-order chi connectivity index (χ1) is 14.6. The number of hydrogen-bond donors (Lipinski definition) is 4. The number of carboxylic acid groups (broad SMARTS) is 1. The zero-order valence-corrected chi connectivity index (χ0v) is 17.0. The maximum absolute atomic E-state index is 12.9. The van der Waals surface area contributed by atoms with Crippen LogP contribution in [-0.2, 0) is 15.7 Å². The average Bonchev–Trinajstić information content (AvgIpc) is 2.70. The summed E-state index contributed by atoms with van der Waals surface area (Å²) < 4.78 is 44.7. The summed E-state index contributed by atoms with van der Waals surface area (Å²) in [6, 6.07) is 2.42. The topological polar surface area (TPSA) is 99.7 Å². The molecule has 4 N–H and O–H groups in total. The quantitative estimate of drug-likeness (QED) is 0.527. The average molecular weight is 460 g/mol. The van der Waals surface area contributed by atoms with Crippen LogP contribution in [0.3, 0.4) is 0 Å². The van der Waals surface area contributed by atoms with Crippen molar-refractivity contribution in [3.63, 3.8) is 0 Å². The molecular weight excluding hydrogens is 439 g/mol. The summed E-state index contributed by atoms with van der Waals surface area (Å²) in [6.45, 7) is 0.366. The molecule has 0 spiro atoms. The molecule has 1 aliphatic heterocycles. The van der Waals surface area contributed by atoms with Crippen LogP contribution >= 0.6 is 11.6 Å². The van der Waals surface area contributed by atoms with Crippen LogP contribution in [0.5, 0.6) is 0 Å². The number of urea groups is 1. The van der Waals surface area contributed by atoms with Crippen molar-refractivity contribution in [2.75, 3.05) is 11.9 Å². The van der Waals surface area contributed by atoms with Crippen LogP contribution in [0.2, 0.25) is 5.02 Å². The van der Waals surface area contributed by atoms with Crippen LogP contribution in [0.1, 0.15) is 31.2 Å². The zero-order valence-electron chi connectivity index (χ0n) is 16.3. The van der Waals surface area contributed by atoms with Gasteiger partial charge in [-0.15, -0.1) is 0 Å². The van der Waals surface area contributed by atoms with E-state index < -0.39 is 28.8 Å². The van der Waals surface area contributed by atoms with E-state index in [1.54, 1.807) is 6.08 Å². The Bertz CT molecular complexity index is 909. The van der Waals surface area contributed by atoms with Gasteiger partial charge in [0, 0.05) is 24.4 Å². The molecular formula is C20H21ClF3N3O4. The fraction of sp³-hybridized carbons (Fsp3) is 0.400. The van der Waals surface area contributed by atoms with Crippen LogP contribution in [0, 0.1) is 0 Å². The van der Waals surface area contributed by atoms with Crippen molar-refractivity contribution in [3.05, 3.63) is 52.4 Å². The third kappa shape index (κ3) is 6.30. The number of hydrogen-bond acceptors (Lipinski definition) is 4. The Balaban J connectivity index is 1.47. The van der Waals surface area contributed by atoms with Crippen molar-refractivity contribution >= 4 is 29.3 Å². The highest BCUT2D eigenvalue weighted by Crippen LogP contribution is 2.36. The van der Waals surface area contributed by atoms with Crippen LogP contribution in [0.15, 0.2) is 41.8 Å². The molecule has 2 amide bonds. The number of anilines is 1. The molecule has 11 heteroatoms. The molecule has 1 aliphatic carbocycles. The molecule has 2 aliphatic rings. The largest absolute Gasteiger partial charge is 0.491 e. The molecule has 0 aromatic heterocycles. The molecule has 0 saturated heterocycles. The summed E-state index contributed by atoms with van der Waals surface area (Å²) in [7, 11) is 0. The molecule has 1 fully saturated rings. The first kappa shape index (κ1) is 22.8. The third-order valence-corrected chi connectivity index (χ3v) is 5.28. The van der Waals surface area contributed by atoms with Gasteiger partial charge >= 0.3 is 18.2 Å². The smallest absolute Gasteiger partial charge is 0.417 e. The van der Waals surface area contributed by atoms with Crippen LogP contribution in [0.25, 0.3) is 0 Å². The third-order valence-electron chi connectivity index (χ3n) is 4.95. The number of carbonyl (C=O) groups is 2. The Morgan fingerprint density at radius 3 is 2.55 bits per heavy atom. The summed E-state index contributed by atoms with van der Waals surface area (Å²) in [6.07, 6.45) is 0.990. The summed E-state index contributed by atoms with van der Waals surface area (Å²) in [5.41, 5.74) is -0.956. The highest BCUT2D eigenvalue weighted by atomic mass is 35.5. The molecule has 0 radical (unpaired) electrons. The second kappa shape index (κ2) is 9.51. The number of nitrogens with one attached hydrogen (secondary N) is 3. The van der Waals surface area contributed by atoms with Crippen molar-refractivity contribution in [1.82, 2.24) is 10.6 Å². The predicted molar refractivity (Wildman–Crippen MR) is 108 cm³/mol. The van der Waals surface area contributed by atoms with Gasteiger partial charge in [0.05, 0.1) is 16.7 Å². The van der Waals surface area contributed by atoms with Crippen molar-refractivity contribution in [1.29, 1.82) is 0 Å². The number of carboxylic acids is 1. The number of ether oxygens (including phenoxy) is 1. The second-order valence-corrected chi connectivity index (χ2v) is 7.64. The number of carbonyl (C=O) groups excluding carboxylic acids is 1. The van der Waals surface area contributed by atoms with E-state index in [0.29, 0.717) is 38.0 Å². The predicted octanol–water partition coefficient (Wildman–Crippen LogP) is 4.26. The standard InChI is InChI=1S/C20H21ClF3N3O4/c21-16-6-3-12(9-15(16)20(22,23)24)27-19(30)26-11-1-4-13(5-2-11)31-14-7-8-25-17(10-14)18(28)29/h3,6-7,9-11,13,25H,1-2,4-5,8H2,(H,28,29)(H2,26,27,30). The van der Waals surface area contributed by atoms with E-state index >= 15 is 0 Å². The maximum Gasteiger partial charge on any atom is 0.417 e. The lowest BCUT2D eigenvalue weighted by molar-refractivity contribution is -0.137. The molecule has 0 unspecified atom stereocenters. The number of allylic oxidation sites excluding steroid dienone is 1. The molecule has 1 saturated carbocycles. The Hall–Kier alpha value is -2.88. The van der Waals surface area contributed by atoms with Gasteiger partial charge in [0.25, 0.3) is 0 Å². The SMILES string of the molecule is O=C(Nc1ccc(Cl)c(C(F)(F)F)c1)NC1CCC(OC2=CCNC(C(=O)O)=C2)CC1. The minimum Gasteiger partial charge on any atom is -0.491 e. The van der Waals surface area contributed by atoms with Gasteiger partial charge in [-0.3, -0.25) is 0 Å². The molecule has 31 heavy (non-hydrogen) atoms. The molecule has 0 atom stereocenters. The molecule has 1 heterocycles. The van der Waals surface area contributed by atoms with Gasteiger partial charge in [-0.05, 0) is 50.0 Å². The van der Waals surface area contributed by atoms with Gasteiger partial charge < -0.3 is 25.8 Å². The van der Waals surface area contributed by atoms with Gasteiger partial charge in [-0.1, -0.05) is 11.6 Å². The first-order valence-corrected chi connectivity index (χ1v) is 9.99. The molecule has 1 aromatic rings. The lowest BCUT2D eigenvalue weighted by Crippen LogP contribution is -2.41. The highest BCUT2D eigenvalue weighted by Gasteiger charge is 2.33. The monoisotopic (exact) mass is 459 g/mol. The van der Waals surface area contributed by atoms with Gasteiger partial charge in [-0.2, -0.15) is 13.2 Å². The minimum absolute atomic E-state index is 0.00916. The van der Waals surface area contributed by atoms with E-state index in [9.17, 15) is 22.8 Å². The maximum atomic E-state index is 12.9. The van der Waals surface area contributed by atoms with Gasteiger partial charge in [0.2, 0.25) is 0 Å². The van der Waals surface area contributed by atoms with Gasteiger partial charge in [0.15, 0.2) is 0 Å². The number of alkyl halides is 3. The molecule has 0 bridgehead atoms. The second-order valence-electron chi connectivity index (χ2n) is 7.23. The zero-order chi connectivity index (χ0) is 22.6. The van der Waals surface area contributed by atoms with E-state index in [4.69, 9.17) is 21.4 Å². The Morgan fingerprint density at radius 1 is 1.19 bits per heavy atom. The minimum atomic E-state index is -4.62. The molecule has 3 rings (SSSR count). The van der Waals surface area contributed by atoms with E-state index in [1.807, 2.05) is 0 Å². The Morgan fingerprint density at radius 2 is 1.90 bits per heavy atom. The fourth-order valence-corrected chi connectivity index (χ4v) is 3.65. The molecule has 1 aromatic carbocycles. The molecule has 168 valence electrons. The summed E-state index contributed by atoms with van der Waals surface area (Å²) >= 11 is 5.58. The number of aliphatic carboxylic acids is 1. The number of rotatable bonds is 5. The van der Waals surface area contributed by atoms with Crippen LogP contribution in [-0.4, -0.2) is 35.8 Å². The lowest BCUT2D eigenvalue weighted by Gasteiger charge is -2.30. The Kier molecular flexibility index (Phi) is 6.99.